The highest BCUT2D eigenvalue weighted by Crippen LogP contribution is 2.19. The first-order valence-electron chi connectivity index (χ1n) is 9.82. The van der Waals surface area contributed by atoms with Crippen LogP contribution >= 0.6 is 0 Å². The predicted molar refractivity (Wildman–Crippen MR) is 113 cm³/mol. The molecule has 0 heterocycles. The number of ether oxygens (including phenoxy) is 2. The van der Waals surface area contributed by atoms with E-state index in [2.05, 4.69) is 10.6 Å². The van der Waals surface area contributed by atoms with Crippen molar-refractivity contribution in [2.75, 3.05) is 27.3 Å². The molecule has 0 bridgehead atoms. The zero-order chi connectivity index (χ0) is 23.0. The fourth-order valence-corrected chi connectivity index (χ4v) is 2.87. The lowest BCUT2D eigenvalue weighted by Crippen LogP contribution is -2.42. The van der Waals surface area contributed by atoms with Crippen LogP contribution < -0.4 is 20.1 Å². The summed E-state index contributed by atoms with van der Waals surface area (Å²) in [5.41, 5.74) is 0.656. The summed E-state index contributed by atoms with van der Waals surface area (Å²) in [5.74, 6) is -1.30. The summed E-state index contributed by atoms with van der Waals surface area (Å²) in [6.45, 7) is 4.44. The molecule has 0 unspecified atom stereocenters. The molecule has 31 heavy (non-hydrogen) atoms. The van der Waals surface area contributed by atoms with Gasteiger partial charge in [-0.1, -0.05) is 26.0 Å². The second-order valence-corrected chi connectivity index (χ2v) is 8.01. The molecule has 0 aliphatic rings. The maximum Gasteiger partial charge on any atom is 0.224 e. The standard InChI is InChI=1S/C23H28F2N2O4/c1-23(2,13-26-21(28)11-15-5-7-19(30-3)17(24)9-15)14-27-22(29)12-16-6-8-20(31-4)18(25)10-16/h5-10H,11-14H2,1-4H3,(H,26,28)(H,27,29). The van der Waals surface area contributed by atoms with E-state index in [1.54, 1.807) is 12.1 Å². The van der Waals surface area contributed by atoms with Gasteiger partial charge in [0.25, 0.3) is 0 Å². The number of methoxy groups -OCH3 is 2. The van der Waals surface area contributed by atoms with E-state index in [9.17, 15) is 18.4 Å². The molecule has 2 rings (SSSR count). The van der Waals surface area contributed by atoms with Crippen molar-refractivity contribution in [3.05, 3.63) is 59.2 Å². The number of hydrogen-bond acceptors (Lipinski definition) is 4. The van der Waals surface area contributed by atoms with E-state index in [1.165, 1.54) is 38.5 Å². The maximum atomic E-state index is 13.7. The Kier molecular flexibility index (Phi) is 8.36. The fourth-order valence-electron chi connectivity index (χ4n) is 2.87. The van der Waals surface area contributed by atoms with Gasteiger partial charge < -0.3 is 20.1 Å². The van der Waals surface area contributed by atoms with Crippen LogP contribution in [0.4, 0.5) is 8.78 Å². The van der Waals surface area contributed by atoms with Crippen molar-refractivity contribution in [1.82, 2.24) is 10.6 Å². The van der Waals surface area contributed by atoms with E-state index in [1.807, 2.05) is 13.8 Å². The van der Waals surface area contributed by atoms with E-state index in [0.29, 0.717) is 24.2 Å². The van der Waals surface area contributed by atoms with Crippen LogP contribution in [0.25, 0.3) is 0 Å². The third-order valence-corrected chi connectivity index (χ3v) is 4.69. The number of benzene rings is 2. The second kappa shape index (κ2) is 10.7. The number of nitrogens with one attached hydrogen (secondary N) is 2. The lowest BCUT2D eigenvalue weighted by atomic mass is 9.93. The van der Waals surface area contributed by atoms with Crippen molar-refractivity contribution < 1.29 is 27.8 Å². The van der Waals surface area contributed by atoms with Crippen LogP contribution in [-0.4, -0.2) is 39.1 Å². The summed E-state index contributed by atoms with van der Waals surface area (Å²) in [6, 6.07) is 8.76. The summed E-state index contributed by atoms with van der Waals surface area (Å²) < 4.78 is 37.2. The molecule has 168 valence electrons. The van der Waals surface area contributed by atoms with Crippen molar-refractivity contribution >= 4 is 11.8 Å². The third kappa shape index (κ3) is 7.55. The zero-order valence-corrected chi connectivity index (χ0v) is 18.2. The first-order chi connectivity index (χ1) is 14.6. The highest BCUT2D eigenvalue weighted by Gasteiger charge is 2.20. The monoisotopic (exact) mass is 434 g/mol. The molecule has 0 saturated carbocycles. The molecule has 0 spiro atoms. The fraction of sp³-hybridized carbons (Fsp3) is 0.391. The van der Waals surface area contributed by atoms with E-state index in [4.69, 9.17) is 9.47 Å². The molecule has 0 saturated heterocycles. The Hall–Kier alpha value is -3.16. The summed E-state index contributed by atoms with van der Waals surface area (Å²) in [4.78, 5) is 24.4. The van der Waals surface area contributed by atoms with E-state index in [-0.39, 0.29) is 36.2 Å². The van der Waals surface area contributed by atoms with Crippen LogP contribution in [0.3, 0.4) is 0 Å². The Labute approximate surface area is 180 Å². The van der Waals surface area contributed by atoms with Crippen molar-refractivity contribution in [3.63, 3.8) is 0 Å². The summed E-state index contributed by atoms with van der Waals surface area (Å²) in [7, 11) is 2.75. The first-order valence-corrected chi connectivity index (χ1v) is 9.82. The molecular weight excluding hydrogens is 406 g/mol. The van der Waals surface area contributed by atoms with Gasteiger partial charge in [0.15, 0.2) is 23.1 Å². The number of carbonyl (C=O) groups excluding carboxylic acids is 2. The van der Waals surface area contributed by atoms with E-state index in [0.717, 1.165) is 0 Å². The van der Waals surface area contributed by atoms with Gasteiger partial charge >= 0.3 is 0 Å². The lowest BCUT2D eigenvalue weighted by Gasteiger charge is -2.25. The number of carbonyl (C=O) groups is 2. The topological polar surface area (TPSA) is 76.7 Å². The molecule has 0 aliphatic carbocycles. The van der Waals surface area contributed by atoms with Gasteiger partial charge in [-0.2, -0.15) is 0 Å². The highest BCUT2D eigenvalue weighted by molar-refractivity contribution is 5.79. The van der Waals surface area contributed by atoms with Gasteiger partial charge in [0.2, 0.25) is 11.8 Å². The Bertz CT molecular complexity index is 858. The van der Waals surface area contributed by atoms with Crippen LogP contribution in [0.2, 0.25) is 0 Å². The Morgan fingerprint density at radius 2 is 1.19 bits per heavy atom. The van der Waals surface area contributed by atoms with Crippen LogP contribution in [-0.2, 0) is 22.4 Å². The zero-order valence-electron chi connectivity index (χ0n) is 18.2. The molecule has 2 aromatic rings. The molecule has 6 nitrogen and oxygen atoms in total. The SMILES string of the molecule is COc1ccc(CC(=O)NCC(C)(C)CNC(=O)Cc2ccc(OC)c(F)c2)cc1F. The minimum atomic E-state index is -0.521. The molecular formula is C23H28F2N2O4. The van der Waals surface area contributed by atoms with Crippen molar-refractivity contribution in [3.8, 4) is 11.5 Å². The molecule has 2 N–H and O–H groups in total. The average Bonchev–Trinajstić information content (AvgIpc) is 2.71. The molecule has 0 atom stereocenters. The quantitative estimate of drug-likeness (QED) is 0.603. The van der Waals surface area contributed by atoms with Crippen molar-refractivity contribution in [1.29, 1.82) is 0 Å². The molecule has 2 aromatic carbocycles. The molecule has 0 aliphatic heterocycles. The average molecular weight is 434 g/mol. The summed E-state index contributed by atoms with van der Waals surface area (Å²) >= 11 is 0. The number of halogens is 2. The summed E-state index contributed by atoms with van der Waals surface area (Å²) in [5, 5.41) is 5.61. The van der Waals surface area contributed by atoms with Gasteiger partial charge in [-0.05, 0) is 40.8 Å². The van der Waals surface area contributed by atoms with Crippen LogP contribution in [0.15, 0.2) is 36.4 Å². The molecule has 8 heteroatoms. The lowest BCUT2D eigenvalue weighted by molar-refractivity contribution is -0.120. The van der Waals surface area contributed by atoms with Crippen molar-refractivity contribution in [2.45, 2.75) is 26.7 Å². The van der Waals surface area contributed by atoms with Gasteiger partial charge in [0, 0.05) is 13.1 Å². The van der Waals surface area contributed by atoms with E-state index < -0.39 is 17.0 Å². The Morgan fingerprint density at radius 3 is 1.52 bits per heavy atom. The molecule has 2 amide bonds. The number of hydrogen-bond donors (Lipinski definition) is 2. The van der Waals surface area contributed by atoms with Gasteiger partial charge in [-0.25, -0.2) is 8.78 Å². The smallest absolute Gasteiger partial charge is 0.224 e. The van der Waals surface area contributed by atoms with Gasteiger partial charge in [0.1, 0.15) is 0 Å². The third-order valence-electron chi connectivity index (χ3n) is 4.69. The minimum absolute atomic E-state index is 0.0341. The van der Waals surface area contributed by atoms with Crippen molar-refractivity contribution in [2.24, 2.45) is 5.41 Å². The van der Waals surface area contributed by atoms with Gasteiger partial charge in [0.05, 0.1) is 27.1 Å². The maximum absolute atomic E-state index is 13.7. The number of amides is 2. The highest BCUT2D eigenvalue weighted by atomic mass is 19.1. The summed E-state index contributed by atoms with van der Waals surface area (Å²) in [6.07, 6.45) is 0.0682. The van der Waals surface area contributed by atoms with Crippen LogP contribution in [0.5, 0.6) is 11.5 Å². The molecule has 0 aromatic heterocycles. The molecule has 0 radical (unpaired) electrons. The molecule has 0 fully saturated rings. The number of rotatable bonds is 10. The normalized spacial score (nSPS) is 11.0. The van der Waals surface area contributed by atoms with Gasteiger partial charge in [-0.3, -0.25) is 9.59 Å². The first kappa shape index (κ1) is 24.1. The predicted octanol–water partition coefficient (Wildman–Crippen LogP) is 3.03. The largest absolute Gasteiger partial charge is 0.494 e. The second-order valence-electron chi connectivity index (χ2n) is 8.01. The van der Waals surface area contributed by atoms with Crippen LogP contribution in [0.1, 0.15) is 25.0 Å². The van der Waals surface area contributed by atoms with Gasteiger partial charge in [-0.15, -0.1) is 0 Å². The Morgan fingerprint density at radius 1 is 0.806 bits per heavy atom. The minimum Gasteiger partial charge on any atom is -0.494 e. The van der Waals surface area contributed by atoms with Crippen LogP contribution in [0, 0.1) is 17.0 Å². The Balaban J connectivity index is 1.79. The van der Waals surface area contributed by atoms with E-state index >= 15 is 0 Å².